The largest absolute Gasteiger partial charge is 0.341 e. The number of piperidine rings is 1. The van der Waals surface area contributed by atoms with Crippen LogP contribution in [-0.4, -0.2) is 49.6 Å². The summed E-state index contributed by atoms with van der Waals surface area (Å²) >= 11 is 0. The Labute approximate surface area is 108 Å². The molecule has 1 aliphatic heterocycles. The van der Waals surface area contributed by atoms with Crippen LogP contribution in [0.3, 0.4) is 0 Å². The van der Waals surface area contributed by atoms with Crippen molar-refractivity contribution in [1.82, 2.24) is 15.5 Å². The summed E-state index contributed by atoms with van der Waals surface area (Å²) in [7, 11) is 1.49. The van der Waals surface area contributed by atoms with Crippen LogP contribution in [0, 0.1) is 5.92 Å². The van der Waals surface area contributed by atoms with E-state index < -0.39 is 6.03 Å². The van der Waals surface area contributed by atoms with Crippen molar-refractivity contribution in [2.24, 2.45) is 11.7 Å². The maximum atomic E-state index is 11.8. The molecule has 0 aliphatic carbocycles. The molecule has 0 aromatic rings. The highest BCUT2D eigenvalue weighted by Crippen LogP contribution is 2.20. The molecule has 0 spiro atoms. The van der Waals surface area contributed by atoms with E-state index in [0.29, 0.717) is 12.5 Å². The van der Waals surface area contributed by atoms with Crippen molar-refractivity contribution in [2.45, 2.75) is 32.2 Å². The standard InChI is InChI=1S/C12H24N4O2/c1-9(11(17)15-12(18)14-2)16-7-3-4-10(8-16)5-6-13/h9-10H,3-8,13H2,1-2H3,(H2,14,15,17,18). The van der Waals surface area contributed by atoms with Crippen LogP contribution in [0.2, 0.25) is 0 Å². The molecular formula is C12H24N4O2. The Morgan fingerprint density at radius 3 is 2.83 bits per heavy atom. The molecule has 0 saturated carbocycles. The van der Waals surface area contributed by atoms with Crippen LogP contribution in [0.1, 0.15) is 26.2 Å². The lowest BCUT2D eigenvalue weighted by atomic mass is 9.94. The number of hydrogen-bond acceptors (Lipinski definition) is 4. The normalized spacial score (nSPS) is 22.3. The molecule has 104 valence electrons. The number of urea groups is 1. The Hall–Kier alpha value is -1.14. The van der Waals surface area contributed by atoms with Gasteiger partial charge in [-0.3, -0.25) is 15.0 Å². The zero-order valence-electron chi connectivity index (χ0n) is 11.2. The number of carbonyl (C=O) groups is 2. The summed E-state index contributed by atoms with van der Waals surface area (Å²) in [6.07, 6.45) is 3.26. The van der Waals surface area contributed by atoms with E-state index in [0.717, 1.165) is 25.9 Å². The van der Waals surface area contributed by atoms with Crippen molar-refractivity contribution in [2.75, 3.05) is 26.7 Å². The first-order valence-electron chi connectivity index (χ1n) is 6.55. The van der Waals surface area contributed by atoms with Crippen molar-refractivity contribution in [3.8, 4) is 0 Å². The highest BCUT2D eigenvalue weighted by Gasteiger charge is 2.27. The molecule has 18 heavy (non-hydrogen) atoms. The second-order valence-electron chi connectivity index (χ2n) is 4.82. The van der Waals surface area contributed by atoms with Gasteiger partial charge in [0.1, 0.15) is 0 Å². The van der Waals surface area contributed by atoms with Crippen LogP contribution >= 0.6 is 0 Å². The third-order valence-corrected chi connectivity index (χ3v) is 3.52. The third-order valence-electron chi connectivity index (χ3n) is 3.52. The summed E-state index contributed by atoms with van der Waals surface area (Å²) in [4.78, 5) is 25.1. The summed E-state index contributed by atoms with van der Waals surface area (Å²) in [6, 6.07) is -0.731. The summed E-state index contributed by atoms with van der Waals surface area (Å²) < 4.78 is 0. The van der Waals surface area contributed by atoms with Crippen molar-refractivity contribution < 1.29 is 9.59 Å². The van der Waals surface area contributed by atoms with Crippen LogP contribution in [-0.2, 0) is 4.79 Å². The van der Waals surface area contributed by atoms with Crippen LogP contribution < -0.4 is 16.4 Å². The van der Waals surface area contributed by atoms with Gasteiger partial charge in [0.05, 0.1) is 6.04 Å². The first kappa shape index (κ1) is 14.9. The number of nitrogens with two attached hydrogens (primary N) is 1. The lowest BCUT2D eigenvalue weighted by Crippen LogP contribution is -2.51. The van der Waals surface area contributed by atoms with E-state index in [1.165, 1.54) is 13.5 Å². The summed E-state index contributed by atoms with van der Waals surface area (Å²) in [5, 5.41) is 4.69. The van der Waals surface area contributed by atoms with E-state index in [2.05, 4.69) is 15.5 Å². The second-order valence-corrected chi connectivity index (χ2v) is 4.82. The van der Waals surface area contributed by atoms with E-state index in [4.69, 9.17) is 5.73 Å². The van der Waals surface area contributed by atoms with Gasteiger partial charge >= 0.3 is 6.03 Å². The van der Waals surface area contributed by atoms with Crippen LogP contribution in [0.15, 0.2) is 0 Å². The van der Waals surface area contributed by atoms with Gasteiger partial charge in [-0.1, -0.05) is 0 Å². The fourth-order valence-corrected chi connectivity index (χ4v) is 2.37. The predicted molar refractivity (Wildman–Crippen MR) is 70.0 cm³/mol. The summed E-state index contributed by atoms with van der Waals surface area (Å²) in [5.74, 6) is 0.321. The highest BCUT2D eigenvalue weighted by atomic mass is 16.2. The minimum atomic E-state index is -0.456. The molecule has 1 rings (SSSR count). The number of amides is 3. The highest BCUT2D eigenvalue weighted by molar-refractivity contribution is 5.96. The Bertz CT molecular complexity index is 294. The number of carbonyl (C=O) groups excluding carboxylic acids is 2. The molecule has 1 saturated heterocycles. The van der Waals surface area contributed by atoms with Gasteiger partial charge in [-0.25, -0.2) is 4.79 Å². The maximum Gasteiger partial charge on any atom is 0.321 e. The van der Waals surface area contributed by atoms with Crippen molar-refractivity contribution in [3.05, 3.63) is 0 Å². The fraction of sp³-hybridized carbons (Fsp3) is 0.833. The van der Waals surface area contributed by atoms with Gasteiger partial charge in [0.25, 0.3) is 0 Å². The predicted octanol–water partition coefficient (Wildman–Crippen LogP) is -0.109. The van der Waals surface area contributed by atoms with Crippen molar-refractivity contribution in [3.63, 3.8) is 0 Å². The molecule has 0 aromatic heterocycles. The van der Waals surface area contributed by atoms with Gasteiger partial charge in [-0.15, -0.1) is 0 Å². The zero-order valence-corrected chi connectivity index (χ0v) is 11.2. The van der Waals surface area contributed by atoms with Gasteiger partial charge in [0, 0.05) is 13.6 Å². The molecule has 0 aromatic carbocycles. The molecule has 4 N–H and O–H groups in total. The number of imide groups is 1. The molecule has 2 unspecified atom stereocenters. The number of nitrogens with zero attached hydrogens (tertiary/aromatic N) is 1. The average molecular weight is 256 g/mol. The van der Waals surface area contributed by atoms with Gasteiger partial charge < -0.3 is 11.1 Å². The molecular weight excluding hydrogens is 232 g/mol. The summed E-state index contributed by atoms with van der Waals surface area (Å²) in [6.45, 7) is 4.32. The number of hydrogen-bond donors (Lipinski definition) is 3. The first-order valence-corrected chi connectivity index (χ1v) is 6.55. The lowest BCUT2D eigenvalue weighted by Gasteiger charge is -2.35. The van der Waals surface area contributed by atoms with Gasteiger partial charge in [0.2, 0.25) is 5.91 Å². The summed E-state index contributed by atoms with van der Waals surface area (Å²) in [5.41, 5.74) is 5.57. The molecule has 6 nitrogen and oxygen atoms in total. The fourth-order valence-electron chi connectivity index (χ4n) is 2.37. The average Bonchev–Trinajstić information content (AvgIpc) is 2.38. The molecule has 1 heterocycles. The Morgan fingerprint density at radius 2 is 2.22 bits per heavy atom. The molecule has 2 atom stereocenters. The Morgan fingerprint density at radius 1 is 1.50 bits per heavy atom. The van der Waals surface area contributed by atoms with Crippen LogP contribution in [0.5, 0.6) is 0 Å². The monoisotopic (exact) mass is 256 g/mol. The molecule has 6 heteroatoms. The SMILES string of the molecule is CNC(=O)NC(=O)C(C)N1CCCC(CCN)C1. The van der Waals surface area contributed by atoms with Crippen molar-refractivity contribution >= 4 is 11.9 Å². The van der Waals surface area contributed by atoms with E-state index in [9.17, 15) is 9.59 Å². The Kier molecular flexibility index (Phi) is 6.07. The number of nitrogens with one attached hydrogen (secondary N) is 2. The number of rotatable bonds is 4. The molecule has 0 bridgehead atoms. The smallest absolute Gasteiger partial charge is 0.321 e. The van der Waals surface area contributed by atoms with Crippen molar-refractivity contribution in [1.29, 1.82) is 0 Å². The molecule has 1 fully saturated rings. The first-order chi connectivity index (χ1) is 8.58. The Balaban J connectivity index is 2.47. The maximum absolute atomic E-state index is 11.8. The van der Waals surface area contributed by atoms with E-state index in [1.54, 1.807) is 0 Å². The van der Waals surface area contributed by atoms with Gasteiger partial charge in [-0.2, -0.15) is 0 Å². The topological polar surface area (TPSA) is 87.5 Å². The number of likely N-dealkylation sites (tertiary alicyclic amines) is 1. The zero-order chi connectivity index (χ0) is 13.5. The van der Waals surface area contributed by atoms with Crippen LogP contribution in [0.25, 0.3) is 0 Å². The second kappa shape index (κ2) is 7.33. The van der Waals surface area contributed by atoms with Gasteiger partial charge in [0.15, 0.2) is 0 Å². The van der Waals surface area contributed by atoms with Crippen LogP contribution in [0.4, 0.5) is 4.79 Å². The minimum Gasteiger partial charge on any atom is -0.341 e. The third kappa shape index (κ3) is 4.27. The minimum absolute atomic E-state index is 0.247. The van der Waals surface area contributed by atoms with E-state index in [1.807, 2.05) is 6.92 Å². The lowest BCUT2D eigenvalue weighted by molar-refractivity contribution is -0.125. The molecule has 1 aliphatic rings. The molecule has 3 amide bonds. The van der Waals surface area contributed by atoms with Gasteiger partial charge in [-0.05, 0) is 45.2 Å². The van der Waals surface area contributed by atoms with E-state index >= 15 is 0 Å². The van der Waals surface area contributed by atoms with E-state index in [-0.39, 0.29) is 11.9 Å². The quantitative estimate of drug-likeness (QED) is 0.655. The molecule has 0 radical (unpaired) electrons.